The van der Waals surface area contributed by atoms with E-state index in [1.54, 1.807) is 0 Å². The van der Waals surface area contributed by atoms with Gasteiger partial charge >= 0.3 is 0 Å². The molecule has 0 bridgehead atoms. The third kappa shape index (κ3) is 3.69. The van der Waals surface area contributed by atoms with Gasteiger partial charge in [0.05, 0.1) is 10.2 Å². The molecule has 3 rings (SSSR count). The Labute approximate surface area is 122 Å². The zero-order valence-electron chi connectivity index (χ0n) is 11.0. The lowest BCUT2D eigenvalue weighted by Crippen LogP contribution is -2.43. The number of rotatable bonds is 5. The van der Waals surface area contributed by atoms with E-state index in [2.05, 4.69) is 39.5 Å². The summed E-state index contributed by atoms with van der Waals surface area (Å²) in [5.41, 5.74) is 1.14. The van der Waals surface area contributed by atoms with E-state index in [-0.39, 0.29) is 0 Å². The molecule has 2 aromatic rings. The predicted octanol–water partition coefficient (Wildman–Crippen LogP) is 2.68. The number of nitrogens with zero attached hydrogens (tertiary/aromatic N) is 2. The highest BCUT2D eigenvalue weighted by molar-refractivity contribution is 8.01. The second kappa shape index (κ2) is 6.70. The summed E-state index contributed by atoms with van der Waals surface area (Å²) in [5.74, 6) is 1.17. The lowest BCUT2D eigenvalue weighted by atomic mass is 10.3. The SMILES string of the molecule is c1ccc2sc(SCCCN3CCNCC3)nc2c1. The van der Waals surface area contributed by atoms with Gasteiger partial charge in [-0.2, -0.15) is 0 Å². The molecule has 0 atom stereocenters. The van der Waals surface area contributed by atoms with Crippen molar-refractivity contribution in [2.45, 2.75) is 10.8 Å². The number of piperazine rings is 1. The maximum atomic E-state index is 4.65. The molecule has 5 heteroatoms. The van der Waals surface area contributed by atoms with Crippen molar-refractivity contribution in [2.24, 2.45) is 0 Å². The molecule has 1 aromatic heterocycles. The van der Waals surface area contributed by atoms with Crippen LogP contribution in [0.25, 0.3) is 10.2 Å². The van der Waals surface area contributed by atoms with Crippen LogP contribution in [0.4, 0.5) is 0 Å². The van der Waals surface area contributed by atoms with Crippen molar-refractivity contribution in [1.29, 1.82) is 0 Å². The number of aromatic nitrogens is 1. The molecule has 1 aliphatic rings. The molecule has 0 unspecified atom stereocenters. The molecule has 19 heavy (non-hydrogen) atoms. The van der Waals surface area contributed by atoms with Gasteiger partial charge in [-0.1, -0.05) is 23.9 Å². The van der Waals surface area contributed by atoms with E-state index in [9.17, 15) is 0 Å². The lowest BCUT2D eigenvalue weighted by Gasteiger charge is -2.26. The Balaban J connectivity index is 1.44. The van der Waals surface area contributed by atoms with Gasteiger partial charge in [-0.15, -0.1) is 11.3 Å². The first-order valence-corrected chi connectivity index (χ1v) is 8.63. The highest BCUT2D eigenvalue weighted by Crippen LogP contribution is 2.29. The van der Waals surface area contributed by atoms with E-state index in [0.717, 1.165) is 18.6 Å². The molecule has 0 spiro atoms. The first-order chi connectivity index (χ1) is 9.42. The van der Waals surface area contributed by atoms with Crippen molar-refractivity contribution in [3.05, 3.63) is 24.3 Å². The molecule has 1 aromatic carbocycles. The van der Waals surface area contributed by atoms with Gasteiger partial charge in [0.2, 0.25) is 0 Å². The number of hydrogen-bond donors (Lipinski definition) is 1. The van der Waals surface area contributed by atoms with Crippen LogP contribution >= 0.6 is 23.1 Å². The van der Waals surface area contributed by atoms with Crippen LogP contribution in [-0.4, -0.2) is 48.4 Å². The molecule has 102 valence electrons. The molecule has 0 amide bonds. The fourth-order valence-corrected chi connectivity index (χ4v) is 4.36. The van der Waals surface area contributed by atoms with Gasteiger partial charge in [-0.25, -0.2) is 4.98 Å². The van der Waals surface area contributed by atoms with Gasteiger partial charge in [0, 0.05) is 31.9 Å². The van der Waals surface area contributed by atoms with E-state index in [4.69, 9.17) is 0 Å². The third-order valence-corrected chi connectivity index (χ3v) is 5.59. The van der Waals surface area contributed by atoms with Crippen molar-refractivity contribution in [3.8, 4) is 0 Å². The summed E-state index contributed by atoms with van der Waals surface area (Å²) in [4.78, 5) is 7.21. The van der Waals surface area contributed by atoms with Crippen LogP contribution in [0.1, 0.15) is 6.42 Å². The zero-order valence-corrected chi connectivity index (χ0v) is 12.6. The minimum absolute atomic E-state index is 1.14. The number of fused-ring (bicyclic) bond motifs is 1. The smallest absolute Gasteiger partial charge is 0.151 e. The van der Waals surface area contributed by atoms with Gasteiger partial charge < -0.3 is 10.2 Å². The van der Waals surface area contributed by atoms with Crippen molar-refractivity contribution < 1.29 is 0 Å². The Bertz CT molecular complexity index is 487. The maximum Gasteiger partial charge on any atom is 0.151 e. The van der Waals surface area contributed by atoms with E-state index >= 15 is 0 Å². The van der Waals surface area contributed by atoms with Crippen LogP contribution in [0.3, 0.4) is 0 Å². The Hall–Kier alpha value is -0.620. The average molecular weight is 293 g/mol. The lowest BCUT2D eigenvalue weighted by molar-refractivity contribution is 0.242. The molecule has 0 saturated carbocycles. The van der Waals surface area contributed by atoms with Crippen LogP contribution in [0, 0.1) is 0 Å². The van der Waals surface area contributed by atoms with Crippen molar-refractivity contribution in [1.82, 2.24) is 15.2 Å². The number of thiazole rings is 1. The maximum absolute atomic E-state index is 4.65. The quantitative estimate of drug-likeness (QED) is 0.678. The first kappa shape index (κ1) is 13.4. The molecule has 1 saturated heterocycles. The molecular weight excluding hydrogens is 274 g/mol. The van der Waals surface area contributed by atoms with Crippen LogP contribution in [0.2, 0.25) is 0 Å². The number of para-hydroxylation sites is 1. The minimum Gasteiger partial charge on any atom is -0.314 e. The highest BCUT2D eigenvalue weighted by atomic mass is 32.2. The van der Waals surface area contributed by atoms with Gasteiger partial charge in [0.25, 0.3) is 0 Å². The van der Waals surface area contributed by atoms with Crippen molar-refractivity contribution in [2.75, 3.05) is 38.5 Å². The summed E-state index contributed by atoms with van der Waals surface area (Å²) in [6.45, 7) is 5.91. The largest absolute Gasteiger partial charge is 0.314 e. The monoisotopic (exact) mass is 293 g/mol. The van der Waals surface area contributed by atoms with E-state index in [1.807, 2.05) is 23.1 Å². The van der Waals surface area contributed by atoms with E-state index in [1.165, 1.54) is 40.8 Å². The van der Waals surface area contributed by atoms with Gasteiger partial charge in [-0.05, 0) is 25.1 Å². The van der Waals surface area contributed by atoms with Crippen LogP contribution < -0.4 is 5.32 Å². The summed E-state index contributed by atoms with van der Waals surface area (Å²) in [5, 5.41) is 3.39. The standard InChI is InChI=1S/C14H19N3S2/c1-2-5-13-12(4-1)16-14(19-13)18-11-3-8-17-9-6-15-7-10-17/h1-2,4-5,15H,3,6-11H2. The summed E-state index contributed by atoms with van der Waals surface area (Å²) in [6, 6.07) is 8.38. The summed E-state index contributed by atoms with van der Waals surface area (Å²) in [7, 11) is 0. The highest BCUT2D eigenvalue weighted by Gasteiger charge is 2.09. The van der Waals surface area contributed by atoms with Crippen molar-refractivity contribution in [3.63, 3.8) is 0 Å². The normalized spacial score (nSPS) is 17.1. The molecule has 2 heterocycles. The number of benzene rings is 1. The van der Waals surface area contributed by atoms with E-state index < -0.39 is 0 Å². The third-order valence-electron chi connectivity index (χ3n) is 3.33. The number of nitrogens with one attached hydrogen (secondary N) is 1. The molecule has 0 aliphatic carbocycles. The second-order valence-corrected chi connectivity index (χ2v) is 7.11. The van der Waals surface area contributed by atoms with Crippen LogP contribution in [0.5, 0.6) is 0 Å². The Morgan fingerprint density at radius 3 is 2.95 bits per heavy atom. The zero-order chi connectivity index (χ0) is 12.9. The second-order valence-electron chi connectivity index (χ2n) is 4.74. The van der Waals surface area contributed by atoms with Gasteiger partial charge in [0.15, 0.2) is 4.34 Å². The van der Waals surface area contributed by atoms with E-state index in [0.29, 0.717) is 0 Å². The predicted molar refractivity (Wildman–Crippen MR) is 84.3 cm³/mol. The summed E-state index contributed by atoms with van der Waals surface area (Å²) in [6.07, 6.45) is 1.25. The first-order valence-electron chi connectivity index (χ1n) is 6.83. The average Bonchev–Trinajstić information content (AvgIpc) is 2.87. The minimum atomic E-state index is 1.14. The fraction of sp³-hybridized carbons (Fsp3) is 0.500. The van der Waals surface area contributed by atoms with Gasteiger partial charge in [-0.3, -0.25) is 0 Å². The van der Waals surface area contributed by atoms with Crippen LogP contribution in [-0.2, 0) is 0 Å². The molecule has 1 aliphatic heterocycles. The van der Waals surface area contributed by atoms with Gasteiger partial charge in [0.1, 0.15) is 0 Å². The number of hydrogen-bond acceptors (Lipinski definition) is 5. The molecule has 3 nitrogen and oxygen atoms in total. The Kier molecular flexibility index (Phi) is 4.71. The summed E-state index contributed by atoms with van der Waals surface area (Å²) < 4.78 is 2.51. The number of thioether (sulfide) groups is 1. The topological polar surface area (TPSA) is 28.2 Å². The Morgan fingerprint density at radius 2 is 2.11 bits per heavy atom. The van der Waals surface area contributed by atoms with Crippen LogP contribution in [0.15, 0.2) is 28.6 Å². The van der Waals surface area contributed by atoms with Crippen molar-refractivity contribution >= 4 is 33.3 Å². The fourth-order valence-electron chi connectivity index (χ4n) is 2.30. The molecule has 0 radical (unpaired) electrons. The Morgan fingerprint density at radius 1 is 1.26 bits per heavy atom. The summed E-state index contributed by atoms with van der Waals surface area (Å²) >= 11 is 3.71. The molecule has 1 N–H and O–H groups in total. The molecule has 1 fully saturated rings. The molecular formula is C14H19N3S2.